The van der Waals surface area contributed by atoms with Gasteiger partial charge in [0.2, 0.25) is 11.8 Å². The lowest BCUT2D eigenvalue weighted by atomic mass is 10.0. The molecule has 0 radical (unpaired) electrons. The molecule has 4 N–H and O–H groups in total. The van der Waals surface area contributed by atoms with Crippen LogP contribution >= 0.6 is 0 Å². The fraction of sp³-hybridized carbons (Fsp3) is 0.478. The number of alkyl carbamates (subject to hydrolysis) is 1. The van der Waals surface area contributed by atoms with Crippen molar-refractivity contribution in [3.05, 3.63) is 35.9 Å². The lowest BCUT2D eigenvalue weighted by Gasteiger charge is -2.20. The first-order valence-corrected chi connectivity index (χ1v) is 10.4. The molecule has 1 aromatic rings. The van der Waals surface area contributed by atoms with Gasteiger partial charge in [-0.2, -0.15) is 0 Å². The molecule has 0 saturated carbocycles. The number of hydrogen-bond donors (Lipinski definition) is 4. The maximum Gasteiger partial charge on any atom is 0.408 e. The number of hydrogen-bond acceptors (Lipinski definition) is 5. The molecule has 32 heavy (non-hydrogen) atoms. The fourth-order valence-electron chi connectivity index (χ4n) is 2.50. The lowest BCUT2D eigenvalue weighted by Crippen LogP contribution is -2.46. The Morgan fingerprint density at radius 3 is 2.41 bits per heavy atom. The highest BCUT2D eigenvalue weighted by atomic mass is 16.6. The van der Waals surface area contributed by atoms with Gasteiger partial charge in [-0.25, -0.2) is 4.79 Å². The van der Waals surface area contributed by atoms with Gasteiger partial charge in [0, 0.05) is 5.69 Å². The number of carboxylic acid groups (broad SMARTS) is 1. The zero-order valence-electron chi connectivity index (χ0n) is 19.2. The summed E-state index contributed by atoms with van der Waals surface area (Å²) in [6, 6.07) is 6.31. The van der Waals surface area contributed by atoms with Crippen molar-refractivity contribution in [2.75, 3.05) is 11.9 Å². The van der Waals surface area contributed by atoms with Gasteiger partial charge in [0.25, 0.3) is 0 Å². The number of anilines is 1. The van der Waals surface area contributed by atoms with Gasteiger partial charge in [-0.1, -0.05) is 37.3 Å². The van der Waals surface area contributed by atoms with E-state index >= 15 is 0 Å². The molecule has 0 aliphatic rings. The number of rotatable bonds is 10. The van der Waals surface area contributed by atoms with Crippen LogP contribution in [-0.4, -0.2) is 47.2 Å². The molecule has 0 bridgehead atoms. The summed E-state index contributed by atoms with van der Waals surface area (Å²) in [5.74, 6) is -2.21. The summed E-state index contributed by atoms with van der Waals surface area (Å²) in [4.78, 5) is 47.0. The molecule has 0 aromatic heterocycles. The highest BCUT2D eigenvalue weighted by Crippen LogP contribution is 2.18. The van der Waals surface area contributed by atoms with Gasteiger partial charge in [-0.15, -0.1) is 0 Å². The van der Waals surface area contributed by atoms with Gasteiger partial charge < -0.3 is 25.8 Å². The van der Waals surface area contributed by atoms with Crippen LogP contribution in [0.15, 0.2) is 30.3 Å². The van der Waals surface area contributed by atoms with Crippen LogP contribution in [0.4, 0.5) is 10.5 Å². The Morgan fingerprint density at radius 2 is 1.78 bits per heavy atom. The SMILES string of the molecule is C[C@@H](CCC=Cc1ccccc1NC(=O)[C@@H](C)NC(=O)CNC(=O)OC(C)(C)C)C(=O)O. The molecule has 2 atom stereocenters. The van der Waals surface area contributed by atoms with E-state index in [2.05, 4.69) is 16.0 Å². The standard InChI is InChI=1S/C23H33N3O6/c1-15(21(29)30)10-6-7-11-17-12-8-9-13-18(17)26-20(28)16(2)25-19(27)14-24-22(31)32-23(3,4)5/h7-9,11-13,15-16H,6,10,14H2,1-5H3,(H,24,31)(H,25,27)(H,26,28)(H,29,30)/t15-,16+/m0/s1. The predicted molar refractivity (Wildman–Crippen MR) is 122 cm³/mol. The summed E-state index contributed by atoms with van der Waals surface area (Å²) in [5.41, 5.74) is 0.645. The number of carbonyl (C=O) groups is 4. The summed E-state index contributed by atoms with van der Waals surface area (Å²) >= 11 is 0. The molecular weight excluding hydrogens is 414 g/mol. The van der Waals surface area contributed by atoms with Crippen LogP contribution in [-0.2, 0) is 19.1 Å². The third-order valence-electron chi connectivity index (χ3n) is 4.27. The minimum absolute atomic E-state index is 0.319. The van der Waals surface area contributed by atoms with E-state index in [-0.39, 0.29) is 6.54 Å². The van der Waals surface area contributed by atoms with Crippen LogP contribution in [0.25, 0.3) is 6.08 Å². The molecule has 0 saturated heterocycles. The molecule has 1 rings (SSSR count). The van der Waals surface area contributed by atoms with Crippen LogP contribution in [0.1, 0.15) is 53.0 Å². The average Bonchev–Trinajstić information content (AvgIpc) is 2.69. The number of aliphatic carboxylic acids is 1. The van der Waals surface area contributed by atoms with Crippen LogP contribution < -0.4 is 16.0 Å². The molecule has 0 heterocycles. The Balaban J connectivity index is 2.58. The van der Waals surface area contributed by atoms with Gasteiger partial charge in [0.05, 0.1) is 5.92 Å². The van der Waals surface area contributed by atoms with E-state index in [9.17, 15) is 19.2 Å². The van der Waals surface area contributed by atoms with Crippen molar-refractivity contribution in [1.82, 2.24) is 10.6 Å². The normalized spacial score (nSPS) is 13.2. The largest absolute Gasteiger partial charge is 0.481 e. The Hall–Kier alpha value is -3.36. The van der Waals surface area contributed by atoms with Gasteiger partial charge in [0.1, 0.15) is 18.2 Å². The number of ether oxygens (including phenoxy) is 1. The molecule has 1 aromatic carbocycles. The Bertz CT molecular complexity index is 844. The first-order chi connectivity index (χ1) is 14.9. The Labute approximate surface area is 188 Å². The number of amides is 3. The van der Waals surface area contributed by atoms with Crippen LogP contribution in [0.5, 0.6) is 0 Å². The molecule has 0 aliphatic carbocycles. The molecule has 0 fully saturated rings. The molecule has 0 spiro atoms. The summed E-state index contributed by atoms with van der Waals surface area (Å²) in [7, 11) is 0. The zero-order valence-corrected chi connectivity index (χ0v) is 19.2. The number of carboxylic acids is 1. The molecule has 176 valence electrons. The van der Waals surface area contributed by atoms with Crippen LogP contribution in [0.3, 0.4) is 0 Å². The quantitative estimate of drug-likeness (QED) is 0.435. The highest BCUT2D eigenvalue weighted by Gasteiger charge is 2.19. The lowest BCUT2D eigenvalue weighted by molar-refractivity contribution is -0.141. The topological polar surface area (TPSA) is 134 Å². The molecule has 3 amide bonds. The smallest absolute Gasteiger partial charge is 0.408 e. The van der Waals surface area contributed by atoms with E-state index in [4.69, 9.17) is 9.84 Å². The minimum atomic E-state index is -0.837. The maximum absolute atomic E-state index is 12.5. The van der Waals surface area contributed by atoms with Crippen molar-refractivity contribution in [2.45, 2.75) is 59.1 Å². The van der Waals surface area contributed by atoms with Crippen LogP contribution in [0, 0.1) is 5.92 Å². The monoisotopic (exact) mass is 447 g/mol. The number of nitrogens with one attached hydrogen (secondary N) is 3. The van der Waals surface area contributed by atoms with Gasteiger partial charge in [-0.05, 0) is 52.2 Å². The van der Waals surface area contributed by atoms with Crippen molar-refractivity contribution >= 4 is 35.6 Å². The molecule has 0 aliphatic heterocycles. The van der Waals surface area contributed by atoms with E-state index in [0.29, 0.717) is 18.5 Å². The van der Waals surface area contributed by atoms with Crippen molar-refractivity contribution in [3.63, 3.8) is 0 Å². The molecule has 9 heteroatoms. The van der Waals surface area contributed by atoms with Gasteiger partial charge in [-0.3, -0.25) is 14.4 Å². The van der Waals surface area contributed by atoms with E-state index < -0.39 is 41.4 Å². The van der Waals surface area contributed by atoms with Crippen molar-refractivity contribution in [3.8, 4) is 0 Å². The molecule has 9 nitrogen and oxygen atoms in total. The van der Waals surface area contributed by atoms with Crippen molar-refractivity contribution in [1.29, 1.82) is 0 Å². The second-order valence-corrected chi connectivity index (χ2v) is 8.44. The average molecular weight is 448 g/mol. The van der Waals surface area contributed by atoms with Crippen molar-refractivity contribution in [2.24, 2.45) is 5.92 Å². The van der Waals surface area contributed by atoms with E-state index in [0.717, 1.165) is 5.56 Å². The Kier molecular flexibility index (Phi) is 10.4. The number of benzene rings is 1. The van der Waals surface area contributed by atoms with Crippen molar-refractivity contribution < 1.29 is 29.0 Å². The van der Waals surface area contributed by atoms with E-state index in [1.54, 1.807) is 39.8 Å². The highest BCUT2D eigenvalue weighted by molar-refractivity contribution is 5.98. The van der Waals surface area contributed by atoms with E-state index in [1.807, 2.05) is 24.3 Å². The number of para-hydroxylation sites is 1. The second kappa shape index (κ2) is 12.5. The van der Waals surface area contributed by atoms with Crippen LogP contribution in [0.2, 0.25) is 0 Å². The summed E-state index contributed by atoms with van der Waals surface area (Å²) < 4.78 is 5.05. The Morgan fingerprint density at radius 1 is 1.12 bits per heavy atom. The third kappa shape index (κ3) is 10.6. The number of carbonyl (C=O) groups excluding carboxylic acids is 3. The predicted octanol–water partition coefficient (Wildman–Crippen LogP) is 3.17. The first kappa shape index (κ1) is 26.7. The summed E-state index contributed by atoms with van der Waals surface area (Å²) in [6.07, 6.45) is 4.06. The van der Waals surface area contributed by atoms with E-state index in [1.165, 1.54) is 6.92 Å². The number of allylic oxidation sites excluding steroid dienone is 1. The fourth-order valence-corrected chi connectivity index (χ4v) is 2.50. The zero-order chi connectivity index (χ0) is 24.3. The second-order valence-electron chi connectivity index (χ2n) is 8.44. The maximum atomic E-state index is 12.5. The summed E-state index contributed by atoms with van der Waals surface area (Å²) in [5, 5.41) is 16.6. The third-order valence-corrected chi connectivity index (χ3v) is 4.27. The van der Waals surface area contributed by atoms with Gasteiger partial charge in [0.15, 0.2) is 0 Å². The first-order valence-electron chi connectivity index (χ1n) is 10.4. The minimum Gasteiger partial charge on any atom is -0.481 e. The van der Waals surface area contributed by atoms with Gasteiger partial charge >= 0.3 is 12.1 Å². The molecule has 0 unspecified atom stereocenters. The molecular formula is C23H33N3O6. The summed E-state index contributed by atoms with van der Waals surface area (Å²) in [6.45, 7) is 8.00.